The second-order valence-corrected chi connectivity index (χ2v) is 6.11. The number of anilines is 2. The Hall–Kier alpha value is -3.41. The lowest BCUT2D eigenvalue weighted by Gasteiger charge is -2.11. The zero-order chi connectivity index (χ0) is 18.1. The Labute approximate surface area is 151 Å². The molecule has 0 unspecified atom stereocenters. The molecule has 6 nitrogen and oxygen atoms in total. The lowest BCUT2D eigenvalue weighted by Crippen LogP contribution is -2.01. The number of hydrogen-bond donors (Lipinski definition) is 1. The summed E-state index contributed by atoms with van der Waals surface area (Å²) in [5.41, 5.74) is 5.03. The van der Waals surface area contributed by atoms with E-state index in [0.29, 0.717) is 5.82 Å². The van der Waals surface area contributed by atoms with E-state index in [9.17, 15) is 0 Å². The molecule has 6 heteroatoms. The van der Waals surface area contributed by atoms with Crippen molar-refractivity contribution in [3.05, 3.63) is 66.1 Å². The maximum atomic E-state index is 5.40. The smallest absolute Gasteiger partial charge is 0.168 e. The SMILES string of the molecule is COc1ccccc1Nc1ncnc2c1cnn2-c1ccc(C)c(C)c1. The number of para-hydroxylation sites is 2. The van der Waals surface area contributed by atoms with Crippen molar-refractivity contribution in [1.29, 1.82) is 0 Å². The highest BCUT2D eigenvalue weighted by Gasteiger charge is 2.13. The van der Waals surface area contributed by atoms with Crippen molar-refractivity contribution in [2.45, 2.75) is 13.8 Å². The highest BCUT2D eigenvalue weighted by atomic mass is 16.5. The van der Waals surface area contributed by atoms with Gasteiger partial charge in [0.05, 0.1) is 30.1 Å². The van der Waals surface area contributed by atoms with Gasteiger partial charge in [-0.15, -0.1) is 0 Å². The first-order valence-corrected chi connectivity index (χ1v) is 8.34. The highest BCUT2D eigenvalue weighted by molar-refractivity contribution is 5.89. The van der Waals surface area contributed by atoms with Crippen molar-refractivity contribution in [3.63, 3.8) is 0 Å². The molecule has 0 radical (unpaired) electrons. The van der Waals surface area contributed by atoms with Gasteiger partial charge in [0, 0.05) is 0 Å². The molecule has 0 spiro atoms. The van der Waals surface area contributed by atoms with Crippen LogP contribution in [0.3, 0.4) is 0 Å². The molecule has 0 aliphatic carbocycles. The van der Waals surface area contributed by atoms with Gasteiger partial charge in [-0.2, -0.15) is 5.10 Å². The van der Waals surface area contributed by atoms with Crippen molar-refractivity contribution < 1.29 is 4.74 Å². The first-order chi connectivity index (χ1) is 12.7. The minimum atomic E-state index is 0.689. The summed E-state index contributed by atoms with van der Waals surface area (Å²) in [6.45, 7) is 4.19. The van der Waals surface area contributed by atoms with Gasteiger partial charge >= 0.3 is 0 Å². The molecule has 0 saturated carbocycles. The number of hydrogen-bond acceptors (Lipinski definition) is 5. The number of nitrogens with one attached hydrogen (secondary N) is 1. The number of fused-ring (bicyclic) bond motifs is 1. The van der Waals surface area contributed by atoms with E-state index in [4.69, 9.17) is 4.74 Å². The minimum absolute atomic E-state index is 0.689. The summed E-state index contributed by atoms with van der Waals surface area (Å²) in [6.07, 6.45) is 3.32. The predicted molar refractivity (Wildman–Crippen MR) is 102 cm³/mol. The van der Waals surface area contributed by atoms with E-state index >= 15 is 0 Å². The van der Waals surface area contributed by atoms with Crippen LogP contribution in [0.1, 0.15) is 11.1 Å². The maximum absolute atomic E-state index is 5.40. The first kappa shape index (κ1) is 16.1. The largest absolute Gasteiger partial charge is 0.495 e. The molecule has 0 aliphatic heterocycles. The molecule has 4 rings (SSSR count). The maximum Gasteiger partial charge on any atom is 0.168 e. The summed E-state index contributed by atoms with van der Waals surface area (Å²) in [4.78, 5) is 8.82. The number of nitrogens with zero attached hydrogens (tertiary/aromatic N) is 4. The number of rotatable bonds is 4. The third kappa shape index (κ3) is 2.75. The predicted octanol–water partition coefficient (Wildman–Crippen LogP) is 4.18. The van der Waals surface area contributed by atoms with Gasteiger partial charge in [-0.25, -0.2) is 14.6 Å². The van der Waals surface area contributed by atoms with Gasteiger partial charge in [-0.3, -0.25) is 0 Å². The van der Waals surface area contributed by atoms with Crippen LogP contribution in [0.15, 0.2) is 55.0 Å². The van der Waals surface area contributed by atoms with E-state index in [0.717, 1.165) is 28.2 Å². The van der Waals surface area contributed by atoms with Gasteiger partial charge in [0.2, 0.25) is 0 Å². The molecule has 2 aromatic carbocycles. The fourth-order valence-corrected chi connectivity index (χ4v) is 2.87. The van der Waals surface area contributed by atoms with Gasteiger partial charge in [-0.05, 0) is 49.2 Å². The van der Waals surface area contributed by atoms with Crippen LogP contribution in [-0.4, -0.2) is 26.9 Å². The summed E-state index contributed by atoms with van der Waals surface area (Å²) in [5, 5.41) is 8.69. The van der Waals surface area contributed by atoms with Gasteiger partial charge in [-0.1, -0.05) is 18.2 Å². The molecule has 1 N–H and O–H groups in total. The van der Waals surface area contributed by atoms with E-state index in [-0.39, 0.29) is 0 Å². The van der Waals surface area contributed by atoms with E-state index in [1.54, 1.807) is 19.6 Å². The second kappa shape index (κ2) is 6.48. The summed E-state index contributed by atoms with van der Waals surface area (Å²) in [6, 6.07) is 14.0. The highest BCUT2D eigenvalue weighted by Crippen LogP contribution is 2.29. The van der Waals surface area contributed by atoms with E-state index in [1.165, 1.54) is 11.1 Å². The van der Waals surface area contributed by atoms with Crippen LogP contribution in [-0.2, 0) is 0 Å². The zero-order valence-corrected chi connectivity index (χ0v) is 14.9. The van der Waals surface area contributed by atoms with Crippen LogP contribution in [0.4, 0.5) is 11.5 Å². The molecule has 0 amide bonds. The molecule has 26 heavy (non-hydrogen) atoms. The van der Waals surface area contributed by atoms with Crippen molar-refractivity contribution in [2.75, 3.05) is 12.4 Å². The molecule has 0 saturated heterocycles. The lowest BCUT2D eigenvalue weighted by atomic mass is 10.1. The normalized spacial score (nSPS) is 10.9. The van der Waals surface area contributed by atoms with E-state index in [1.807, 2.05) is 35.0 Å². The van der Waals surface area contributed by atoms with Gasteiger partial charge in [0.25, 0.3) is 0 Å². The molecule has 4 aromatic rings. The van der Waals surface area contributed by atoms with Crippen molar-refractivity contribution in [1.82, 2.24) is 19.7 Å². The third-order valence-corrected chi connectivity index (χ3v) is 4.46. The number of aryl methyl sites for hydroxylation is 2. The van der Waals surface area contributed by atoms with E-state index in [2.05, 4.69) is 46.4 Å². The molecule has 0 aliphatic rings. The summed E-state index contributed by atoms with van der Waals surface area (Å²) in [7, 11) is 1.65. The molecular weight excluding hydrogens is 326 g/mol. The van der Waals surface area contributed by atoms with Gasteiger partial charge in [0.1, 0.15) is 17.9 Å². The van der Waals surface area contributed by atoms with Crippen LogP contribution in [0.2, 0.25) is 0 Å². The van der Waals surface area contributed by atoms with Gasteiger partial charge < -0.3 is 10.1 Å². The second-order valence-electron chi connectivity index (χ2n) is 6.11. The molecule has 130 valence electrons. The Morgan fingerprint density at radius 1 is 1.00 bits per heavy atom. The lowest BCUT2D eigenvalue weighted by molar-refractivity contribution is 0.417. The fraction of sp³-hybridized carbons (Fsp3) is 0.150. The molecule has 0 bridgehead atoms. The quantitative estimate of drug-likeness (QED) is 0.601. The minimum Gasteiger partial charge on any atom is -0.495 e. The number of benzene rings is 2. The monoisotopic (exact) mass is 345 g/mol. The van der Waals surface area contributed by atoms with Crippen molar-refractivity contribution in [2.24, 2.45) is 0 Å². The van der Waals surface area contributed by atoms with Crippen LogP contribution in [0.25, 0.3) is 16.7 Å². The molecular formula is C20H19N5O. The Bertz CT molecular complexity index is 1090. The standard InChI is InChI=1S/C20H19N5O/c1-13-8-9-15(10-14(13)2)25-20-16(11-23-25)19(21-12-22-20)24-17-6-4-5-7-18(17)26-3/h4-12H,1-3H3,(H,21,22,24). The first-order valence-electron chi connectivity index (χ1n) is 8.34. The topological polar surface area (TPSA) is 64.9 Å². The Kier molecular flexibility index (Phi) is 4.01. The molecule has 2 aromatic heterocycles. The van der Waals surface area contributed by atoms with Crippen LogP contribution < -0.4 is 10.1 Å². The van der Waals surface area contributed by atoms with Gasteiger partial charge in [0.15, 0.2) is 5.65 Å². The fourth-order valence-electron chi connectivity index (χ4n) is 2.87. The number of aromatic nitrogens is 4. The Morgan fingerprint density at radius 3 is 2.65 bits per heavy atom. The van der Waals surface area contributed by atoms with Crippen LogP contribution in [0.5, 0.6) is 5.75 Å². The van der Waals surface area contributed by atoms with Crippen molar-refractivity contribution >= 4 is 22.5 Å². The Balaban J connectivity index is 1.79. The van der Waals surface area contributed by atoms with Crippen molar-refractivity contribution in [3.8, 4) is 11.4 Å². The van der Waals surface area contributed by atoms with Crippen LogP contribution >= 0.6 is 0 Å². The van der Waals surface area contributed by atoms with E-state index < -0.39 is 0 Å². The summed E-state index contributed by atoms with van der Waals surface area (Å²) in [5.74, 6) is 1.44. The molecule has 0 fully saturated rings. The summed E-state index contributed by atoms with van der Waals surface area (Å²) >= 11 is 0. The number of methoxy groups -OCH3 is 1. The number of ether oxygens (including phenoxy) is 1. The Morgan fingerprint density at radius 2 is 1.85 bits per heavy atom. The summed E-state index contributed by atoms with van der Waals surface area (Å²) < 4.78 is 7.23. The average Bonchev–Trinajstić information content (AvgIpc) is 3.10. The van der Waals surface area contributed by atoms with Crippen LogP contribution in [0, 0.1) is 13.8 Å². The molecule has 0 atom stereocenters. The average molecular weight is 345 g/mol. The third-order valence-electron chi connectivity index (χ3n) is 4.46. The molecule has 2 heterocycles. The zero-order valence-electron chi connectivity index (χ0n) is 14.9.